The number of rotatable bonds is 5. The fourth-order valence-electron chi connectivity index (χ4n) is 3.25. The molecule has 5 nitrogen and oxygen atoms in total. The lowest BCUT2D eigenvalue weighted by molar-refractivity contribution is 0.239. The van der Waals surface area contributed by atoms with Crippen LogP contribution >= 0.6 is 0 Å². The summed E-state index contributed by atoms with van der Waals surface area (Å²) in [6, 6.07) is 6.76. The summed E-state index contributed by atoms with van der Waals surface area (Å²) < 4.78 is 18.5. The van der Waals surface area contributed by atoms with Crippen LogP contribution in [0.15, 0.2) is 28.8 Å². The highest BCUT2D eigenvalue weighted by Crippen LogP contribution is 2.31. The first-order valence-corrected chi connectivity index (χ1v) is 8.80. The molecule has 0 bridgehead atoms. The van der Waals surface area contributed by atoms with Gasteiger partial charge in [-0.05, 0) is 49.4 Å². The number of halogens is 1. The van der Waals surface area contributed by atoms with Crippen molar-refractivity contribution in [3.05, 3.63) is 41.8 Å². The molecule has 2 aliphatic rings. The first-order valence-electron chi connectivity index (χ1n) is 8.80. The Morgan fingerprint density at radius 1 is 1.08 bits per heavy atom. The Morgan fingerprint density at radius 3 is 2.71 bits per heavy atom. The van der Waals surface area contributed by atoms with Crippen LogP contribution in [0.2, 0.25) is 0 Å². The maximum absolute atomic E-state index is 13.1. The highest BCUT2D eigenvalue weighted by atomic mass is 19.1. The Morgan fingerprint density at radius 2 is 1.92 bits per heavy atom. The van der Waals surface area contributed by atoms with Crippen LogP contribution in [0.4, 0.5) is 10.1 Å². The third-order valence-corrected chi connectivity index (χ3v) is 4.82. The molecule has 1 aliphatic carbocycles. The van der Waals surface area contributed by atoms with E-state index in [4.69, 9.17) is 4.52 Å². The van der Waals surface area contributed by atoms with Gasteiger partial charge in [-0.3, -0.25) is 4.90 Å². The third-order valence-electron chi connectivity index (χ3n) is 4.82. The van der Waals surface area contributed by atoms with Gasteiger partial charge < -0.3 is 9.42 Å². The molecule has 0 N–H and O–H groups in total. The highest BCUT2D eigenvalue weighted by Gasteiger charge is 2.24. The van der Waals surface area contributed by atoms with Crippen LogP contribution in [0, 0.1) is 11.7 Å². The lowest BCUT2D eigenvalue weighted by Gasteiger charge is -2.23. The van der Waals surface area contributed by atoms with Gasteiger partial charge in [-0.15, -0.1) is 0 Å². The van der Waals surface area contributed by atoms with E-state index in [0.717, 1.165) is 68.9 Å². The average Bonchev–Trinajstić information content (AvgIpc) is 3.33. The molecule has 2 fully saturated rings. The lowest BCUT2D eigenvalue weighted by atomic mass is 10.2. The summed E-state index contributed by atoms with van der Waals surface area (Å²) in [6.07, 6.45) is 4.63. The summed E-state index contributed by atoms with van der Waals surface area (Å²) >= 11 is 0. The highest BCUT2D eigenvalue weighted by molar-refractivity contribution is 5.46. The van der Waals surface area contributed by atoms with Crippen molar-refractivity contribution in [2.24, 2.45) is 5.92 Å². The standard InChI is InChI=1S/C18H23FN4O/c19-15-4-6-16(7-5-15)23-9-1-8-22(10-11-23)13-18-20-17(21-24-18)12-14-2-3-14/h4-7,14H,1-3,8-13H2. The molecular formula is C18H23FN4O. The molecule has 0 amide bonds. The first kappa shape index (κ1) is 15.6. The normalized spacial score (nSPS) is 19.5. The van der Waals surface area contributed by atoms with E-state index in [9.17, 15) is 4.39 Å². The van der Waals surface area contributed by atoms with Gasteiger partial charge in [-0.2, -0.15) is 4.98 Å². The van der Waals surface area contributed by atoms with E-state index in [1.54, 1.807) is 0 Å². The van der Waals surface area contributed by atoms with Gasteiger partial charge in [0.05, 0.1) is 6.54 Å². The van der Waals surface area contributed by atoms with Crippen LogP contribution in [0.25, 0.3) is 0 Å². The van der Waals surface area contributed by atoms with Crippen molar-refractivity contribution in [2.45, 2.75) is 32.2 Å². The third kappa shape index (κ3) is 3.93. The Bertz CT molecular complexity index is 668. The van der Waals surface area contributed by atoms with E-state index in [0.29, 0.717) is 0 Å². The summed E-state index contributed by atoms with van der Waals surface area (Å²) in [7, 11) is 0. The van der Waals surface area contributed by atoms with E-state index in [-0.39, 0.29) is 5.82 Å². The van der Waals surface area contributed by atoms with Crippen molar-refractivity contribution in [1.82, 2.24) is 15.0 Å². The minimum absolute atomic E-state index is 0.186. The molecular weight excluding hydrogens is 307 g/mol. The zero-order valence-corrected chi connectivity index (χ0v) is 13.8. The van der Waals surface area contributed by atoms with Crippen LogP contribution in [-0.2, 0) is 13.0 Å². The largest absolute Gasteiger partial charge is 0.370 e. The molecule has 0 radical (unpaired) electrons. The Labute approximate surface area is 141 Å². The molecule has 0 unspecified atom stereocenters. The number of hydrogen-bond donors (Lipinski definition) is 0. The van der Waals surface area contributed by atoms with Gasteiger partial charge in [0.1, 0.15) is 5.82 Å². The zero-order chi connectivity index (χ0) is 16.4. The molecule has 2 heterocycles. The topological polar surface area (TPSA) is 45.4 Å². The molecule has 1 aromatic heterocycles. The monoisotopic (exact) mass is 330 g/mol. The molecule has 1 aliphatic heterocycles. The van der Waals surface area contributed by atoms with Crippen LogP contribution in [0.3, 0.4) is 0 Å². The Hall–Kier alpha value is -1.95. The van der Waals surface area contributed by atoms with Crippen LogP contribution in [0.1, 0.15) is 31.0 Å². The molecule has 1 saturated carbocycles. The Kier molecular flexibility index (Phi) is 4.47. The van der Waals surface area contributed by atoms with Gasteiger partial charge in [0.15, 0.2) is 5.82 Å². The Balaban J connectivity index is 1.32. The van der Waals surface area contributed by atoms with Crippen LogP contribution < -0.4 is 4.90 Å². The molecule has 1 saturated heterocycles. The first-order chi connectivity index (χ1) is 11.8. The molecule has 4 rings (SSSR count). The zero-order valence-electron chi connectivity index (χ0n) is 13.8. The van der Waals surface area contributed by atoms with Gasteiger partial charge in [-0.25, -0.2) is 4.39 Å². The summed E-state index contributed by atoms with van der Waals surface area (Å²) in [4.78, 5) is 9.20. The summed E-state index contributed by atoms with van der Waals surface area (Å²) in [5, 5.41) is 4.10. The average molecular weight is 330 g/mol. The predicted molar refractivity (Wildman–Crippen MR) is 89.2 cm³/mol. The van der Waals surface area contributed by atoms with Gasteiger partial charge in [-0.1, -0.05) is 5.16 Å². The van der Waals surface area contributed by atoms with E-state index in [1.165, 1.54) is 25.0 Å². The fraction of sp³-hybridized carbons (Fsp3) is 0.556. The van der Waals surface area contributed by atoms with E-state index in [1.807, 2.05) is 12.1 Å². The maximum atomic E-state index is 13.1. The van der Waals surface area contributed by atoms with Gasteiger partial charge in [0, 0.05) is 38.3 Å². The van der Waals surface area contributed by atoms with Crippen molar-refractivity contribution in [3.8, 4) is 0 Å². The molecule has 128 valence electrons. The SMILES string of the molecule is Fc1ccc(N2CCCN(Cc3nc(CC4CC4)no3)CC2)cc1. The maximum Gasteiger partial charge on any atom is 0.240 e. The number of aromatic nitrogens is 2. The summed E-state index contributed by atoms with van der Waals surface area (Å²) in [5.74, 6) is 2.17. The molecule has 0 spiro atoms. The molecule has 1 aromatic carbocycles. The second-order valence-electron chi connectivity index (χ2n) is 6.85. The lowest BCUT2D eigenvalue weighted by Crippen LogP contribution is -2.30. The van der Waals surface area contributed by atoms with Gasteiger partial charge >= 0.3 is 0 Å². The van der Waals surface area contributed by atoms with Gasteiger partial charge in [0.25, 0.3) is 0 Å². The number of anilines is 1. The van der Waals surface area contributed by atoms with Crippen LogP contribution in [-0.4, -0.2) is 41.2 Å². The smallest absolute Gasteiger partial charge is 0.240 e. The quantitative estimate of drug-likeness (QED) is 0.843. The van der Waals surface area contributed by atoms with Crippen molar-refractivity contribution in [2.75, 3.05) is 31.1 Å². The molecule has 0 atom stereocenters. The van der Waals surface area contributed by atoms with Crippen molar-refractivity contribution < 1.29 is 8.91 Å². The minimum atomic E-state index is -0.186. The predicted octanol–water partition coefficient (Wildman–Crippen LogP) is 2.87. The van der Waals surface area contributed by atoms with E-state index in [2.05, 4.69) is 19.9 Å². The number of nitrogens with zero attached hydrogens (tertiary/aromatic N) is 4. The molecule has 2 aromatic rings. The van der Waals surface area contributed by atoms with Crippen molar-refractivity contribution in [1.29, 1.82) is 0 Å². The van der Waals surface area contributed by atoms with E-state index < -0.39 is 0 Å². The number of hydrogen-bond acceptors (Lipinski definition) is 5. The van der Waals surface area contributed by atoms with Crippen molar-refractivity contribution in [3.63, 3.8) is 0 Å². The minimum Gasteiger partial charge on any atom is -0.370 e. The molecule has 24 heavy (non-hydrogen) atoms. The second-order valence-corrected chi connectivity index (χ2v) is 6.85. The number of benzene rings is 1. The summed E-state index contributed by atoms with van der Waals surface area (Å²) in [5.41, 5.74) is 1.09. The van der Waals surface area contributed by atoms with Gasteiger partial charge in [0.2, 0.25) is 5.89 Å². The van der Waals surface area contributed by atoms with E-state index >= 15 is 0 Å². The summed E-state index contributed by atoms with van der Waals surface area (Å²) in [6.45, 7) is 4.58. The molecule has 6 heteroatoms. The van der Waals surface area contributed by atoms with Crippen molar-refractivity contribution >= 4 is 5.69 Å². The van der Waals surface area contributed by atoms with Crippen LogP contribution in [0.5, 0.6) is 0 Å². The second kappa shape index (κ2) is 6.89. The fourth-order valence-corrected chi connectivity index (χ4v) is 3.25.